The summed E-state index contributed by atoms with van der Waals surface area (Å²) in [7, 11) is 1.69. The molecule has 0 aliphatic carbocycles. The fourth-order valence-electron chi connectivity index (χ4n) is 3.00. The molecule has 128 valence electrons. The van der Waals surface area contributed by atoms with Crippen LogP contribution in [0.5, 0.6) is 0 Å². The molecular weight excluding hydrogens is 318 g/mol. The molecule has 1 fully saturated rings. The highest BCUT2D eigenvalue weighted by molar-refractivity contribution is 6.03. The molecule has 3 rings (SSSR count). The molecule has 0 spiro atoms. The maximum Gasteiger partial charge on any atom is 0.407 e. The predicted octanol–water partition coefficient (Wildman–Crippen LogP) is -1.01. The Hall–Kier alpha value is -2.91. The first-order chi connectivity index (χ1) is 11.4. The second-order valence-corrected chi connectivity index (χ2v) is 5.83. The van der Waals surface area contributed by atoms with E-state index in [2.05, 4.69) is 15.7 Å². The maximum absolute atomic E-state index is 12.5. The van der Waals surface area contributed by atoms with Crippen molar-refractivity contribution in [1.29, 1.82) is 0 Å². The highest BCUT2D eigenvalue weighted by Gasteiger charge is 2.32. The minimum absolute atomic E-state index is 0.0800. The van der Waals surface area contributed by atoms with Crippen LogP contribution >= 0.6 is 0 Å². The average molecular weight is 335 g/mol. The number of piperidine rings is 1. The third-order valence-electron chi connectivity index (χ3n) is 4.27. The van der Waals surface area contributed by atoms with Gasteiger partial charge in [-0.15, -0.1) is 0 Å². The van der Waals surface area contributed by atoms with Gasteiger partial charge in [0, 0.05) is 37.7 Å². The molecule has 1 saturated heterocycles. The zero-order chi connectivity index (χ0) is 17.4. The van der Waals surface area contributed by atoms with Gasteiger partial charge >= 0.3 is 6.09 Å². The van der Waals surface area contributed by atoms with E-state index in [0.29, 0.717) is 18.5 Å². The van der Waals surface area contributed by atoms with Gasteiger partial charge in [-0.05, 0) is 6.42 Å². The van der Waals surface area contributed by atoms with Crippen LogP contribution in [-0.4, -0.2) is 56.2 Å². The Labute approximate surface area is 136 Å². The molecule has 0 radical (unpaired) electrons. The number of nitrogens with zero attached hydrogens (tertiary/aromatic N) is 3. The Balaban J connectivity index is 1.80. The molecule has 10 heteroatoms. The SMILES string of the molecule is Cn1nc(C(=O)N[C@H]2CCC(=O)NC2=O)c2c1CCN(C(=O)O)C2. The zero-order valence-electron chi connectivity index (χ0n) is 13.0. The fourth-order valence-corrected chi connectivity index (χ4v) is 3.00. The molecule has 2 aliphatic heterocycles. The minimum atomic E-state index is -1.05. The summed E-state index contributed by atoms with van der Waals surface area (Å²) in [4.78, 5) is 47.8. The number of fused-ring (bicyclic) bond motifs is 1. The van der Waals surface area contributed by atoms with Crippen molar-refractivity contribution in [3.63, 3.8) is 0 Å². The van der Waals surface area contributed by atoms with Crippen LogP contribution in [0.15, 0.2) is 0 Å². The van der Waals surface area contributed by atoms with Crippen molar-refractivity contribution in [1.82, 2.24) is 25.3 Å². The third kappa shape index (κ3) is 2.82. The molecule has 3 heterocycles. The first kappa shape index (κ1) is 16.0. The molecule has 1 aromatic rings. The lowest BCUT2D eigenvalue weighted by Crippen LogP contribution is -2.52. The lowest BCUT2D eigenvalue weighted by atomic mass is 10.0. The summed E-state index contributed by atoms with van der Waals surface area (Å²) < 4.78 is 1.56. The molecule has 0 unspecified atom stereocenters. The van der Waals surface area contributed by atoms with Crippen molar-refractivity contribution in [2.75, 3.05) is 6.54 Å². The Kier molecular flexibility index (Phi) is 3.96. The van der Waals surface area contributed by atoms with Crippen LogP contribution in [0.4, 0.5) is 4.79 Å². The smallest absolute Gasteiger partial charge is 0.407 e. The maximum atomic E-state index is 12.5. The molecule has 1 aromatic heterocycles. The van der Waals surface area contributed by atoms with Crippen molar-refractivity contribution in [3.05, 3.63) is 17.0 Å². The Bertz CT molecular complexity index is 740. The van der Waals surface area contributed by atoms with Crippen LogP contribution < -0.4 is 10.6 Å². The summed E-state index contributed by atoms with van der Waals surface area (Å²) >= 11 is 0. The van der Waals surface area contributed by atoms with E-state index in [1.54, 1.807) is 11.7 Å². The van der Waals surface area contributed by atoms with Crippen LogP contribution in [0, 0.1) is 0 Å². The molecule has 3 N–H and O–H groups in total. The van der Waals surface area contributed by atoms with Crippen molar-refractivity contribution in [2.45, 2.75) is 31.8 Å². The van der Waals surface area contributed by atoms with E-state index in [1.807, 2.05) is 0 Å². The topological polar surface area (TPSA) is 134 Å². The summed E-state index contributed by atoms with van der Waals surface area (Å²) in [5.41, 5.74) is 1.47. The van der Waals surface area contributed by atoms with Gasteiger partial charge in [0.25, 0.3) is 5.91 Å². The fraction of sp³-hybridized carbons (Fsp3) is 0.500. The predicted molar refractivity (Wildman–Crippen MR) is 79.0 cm³/mol. The second-order valence-electron chi connectivity index (χ2n) is 5.83. The summed E-state index contributed by atoms with van der Waals surface area (Å²) in [5.74, 6) is -1.46. The van der Waals surface area contributed by atoms with Crippen LogP contribution in [-0.2, 0) is 29.6 Å². The van der Waals surface area contributed by atoms with Gasteiger partial charge in [-0.1, -0.05) is 0 Å². The number of hydrogen-bond donors (Lipinski definition) is 3. The first-order valence-corrected chi connectivity index (χ1v) is 7.54. The van der Waals surface area contributed by atoms with Crippen LogP contribution in [0.2, 0.25) is 0 Å². The molecule has 24 heavy (non-hydrogen) atoms. The monoisotopic (exact) mass is 335 g/mol. The van der Waals surface area contributed by atoms with Crippen LogP contribution in [0.3, 0.4) is 0 Å². The molecule has 0 saturated carbocycles. The van der Waals surface area contributed by atoms with E-state index in [0.717, 1.165) is 5.69 Å². The number of nitrogens with one attached hydrogen (secondary N) is 2. The van der Waals surface area contributed by atoms with Gasteiger partial charge in [0.2, 0.25) is 11.8 Å². The molecule has 0 bridgehead atoms. The molecule has 4 amide bonds. The van der Waals surface area contributed by atoms with Gasteiger partial charge in [-0.25, -0.2) is 4.79 Å². The van der Waals surface area contributed by atoms with Gasteiger partial charge in [0.15, 0.2) is 5.69 Å². The van der Waals surface area contributed by atoms with Gasteiger partial charge in [-0.2, -0.15) is 5.10 Å². The van der Waals surface area contributed by atoms with E-state index >= 15 is 0 Å². The average Bonchev–Trinajstić information content (AvgIpc) is 2.86. The largest absolute Gasteiger partial charge is 0.465 e. The Morgan fingerprint density at radius 1 is 1.33 bits per heavy atom. The molecule has 0 aromatic carbocycles. The number of carboxylic acid groups (broad SMARTS) is 1. The number of aryl methyl sites for hydroxylation is 1. The van der Waals surface area contributed by atoms with Gasteiger partial charge in [-0.3, -0.25) is 24.4 Å². The van der Waals surface area contributed by atoms with Crippen LogP contribution in [0.1, 0.15) is 34.6 Å². The Morgan fingerprint density at radius 3 is 2.75 bits per heavy atom. The number of hydrogen-bond acceptors (Lipinski definition) is 5. The van der Waals surface area contributed by atoms with Crippen molar-refractivity contribution in [2.24, 2.45) is 7.05 Å². The Morgan fingerprint density at radius 2 is 2.08 bits per heavy atom. The lowest BCUT2D eigenvalue weighted by molar-refractivity contribution is -0.134. The highest BCUT2D eigenvalue weighted by Crippen LogP contribution is 2.22. The van der Waals surface area contributed by atoms with Crippen molar-refractivity contribution in [3.8, 4) is 0 Å². The summed E-state index contributed by atoms with van der Waals surface area (Å²) in [5, 5.41) is 18.1. The third-order valence-corrected chi connectivity index (χ3v) is 4.27. The first-order valence-electron chi connectivity index (χ1n) is 7.54. The molecular formula is C14H17N5O5. The normalized spacial score (nSPS) is 20.4. The van der Waals surface area contributed by atoms with Crippen molar-refractivity contribution >= 4 is 23.8 Å². The lowest BCUT2D eigenvalue weighted by Gasteiger charge is -2.25. The zero-order valence-corrected chi connectivity index (χ0v) is 13.0. The number of rotatable bonds is 2. The van der Waals surface area contributed by atoms with E-state index in [-0.39, 0.29) is 31.0 Å². The standard InChI is InChI=1S/C14H17N5O5/c1-18-9-4-5-19(14(23)24)6-7(9)11(17-18)13(22)15-8-2-3-10(20)16-12(8)21/h8H,2-6H2,1H3,(H,15,22)(H,23,24)(H,16,20,21)/t8-/m0/s1. The summed E-state index contributed by atoms with van der Waals surface area (Å²) in [6, 6.07) is -0.799. The number of imide groups is 1. The molecule has 10 nitrogen and oxygen atoms in total. The summed E-state index contributed by atoms with van der Waals surface area (Å²) in [6.45, 7) is 0.423. The number of carbonyl (C=O) groups excluding carboxylic acids is 3. The molecule has 2 aliphatic rings. The van der Waals surface area contributed by atoms with Gasteiger partial charge in [0.1, 0.15) is 6.04 Å². The van der Waals surface area contributed by atoms with E-state index < -0.39 is 23.9 Å². The van der Waals surface area contributed by atoms with E-state index in [1.165, 1.54) is 4.90 Å². The minimum Gasteiger partial charge on any atom is -0.465 e. The highest BCUT2D eigenvalue weighted by atomic mass is 16.4. The number of amides is 4. The van der Waals surface area contributed by atoms with Crippen molar-refractivity contribution < 1.29 is 24.3 Å². The van der Waals surface area contributed by atoms with Gasteiger partial charge in [0.05, 0.1) is 6.54 Å². The summed E-state index contributed by atoms with van der Waals surface area (Å²) in [6.07, 6.45) is -0.200. The van der Waals surface area contributed by atoms with E-state index in [9.17, 15) is 19.2 Å². The number of aromatic nitrogens is 2. The molecule has 1 atom stereocenters. The quantitative estimate of drug-likeness (QED) is 0.593. The number of carbonyl (C=O) groups is 4. The van der Waals surface area contributed by atoms with Gasteiger partial charge < -0.3 is 15.3 Å². The van der Waals surface area contributed by atoms with E-state index in [4.69, 9.17) is 5.11 Å². The second kappa shape index (κ2) is 5.95. The van der Waals surface area contributed by atoms with Crippen LogP contribution in [0.25, 0.3) is 0 Å².